The second-order valence-electron chi connectivity index (χ2n) is 7.28. The van der Waals surface area contributed by atoms with Crippen LogP contribution in [0.3, 0.4) is 0 Å². The number of hydrogen-bond acceptors (Lipinski definition) is 3. The molecule has 0 radical (unpaired) electrons. The van der Waals surface area contributed by atoms with E-state index in [1.165, 1.54) is 22.4 Å². The molecule has 148 valence electrons. The van der Waals surface area contributed by atoms with Gasteiger partial charge in [0, 0.05) is 31.7 Å². The topological polar surface area (TPSA) is 50.2 Å². The van der Waals surface area contributed by atoms with Crippen LogP contribution in [-0.2, 0) is 17.8 Å². The zero-order valence-electron chi connectivity index (χ0n) is 16.6. The van der Waals surface area contributed by atoms with Gasteiger partial charge in [-0.1, -0.05) is 29.8 Å². The fraction of sp³-hybridized carbons (Fsp3) is 0.524. The first kappa shape index (κ1) is 21.5. The summed E-state index contributed by atoms with van der Waals surface area (Å²) in [4.78, 5) is 14.5. The Bertz CT molecular complexity index is 746. The third-order valence-electron chi connectivity index (χ3n) is 5.27. The van der Waals surface area contributed by atoms with Crippen LogP contribution >= 0.6 is 12.4 Å². The Morgan fingerprint density at radius 1 is 1.11 bits per heavy atom. The number of nitrogens with zero attached hydrogens (tertiary/aromatic N) is 3. The molecule has 27 heavy (non-hydrogen) atoms. The Balaban J connectivity index is 0.00000261. The van der Waals surface area contributed by atoms with Crippen molar-refractivity contribution in [2.24, 2.45) is 0 Å². The summed E-state index contributed by atoms with van der Waals surface area (Å²) >= 11 is 0. The molecule has 1 aromatic heterocycles. The van der Waals surface area contributed by atoms with Crippen LogP contribution in [0.1, 0.15) is 40.9 Å². The van der Waals surface area contributed by atoms with E-state index >= 15 is 0 Å². The van der Waals surface area contributed by atoms with Crippen LogP contribution < -0.4 is 5.32 Å². The van der Waals surface area contributed by atoms with Gasteiger partial charge in [-0.2, -0.15) is 5.10 Å². The average molecular weight is 391 g/mol. The van der Waals surface area contributed by atoms with E-state index in [0.29, 0.717) is 6.42 Å². The van der Waals surface area contributed by atoms with Crippen molar-refractivity contribution in [1.29, 1.82) is 0 Å². The maximum Gasteiger partial charge on any atom is 0.222 e. The molecule has 2 aromatic rings. The summed E-state index contributed by atoms with van der Waals surface area (Å²) in [5.74, 6) is 0.263. The zero-order valence-corrected chi connectivity index (χ0v) is 17.4. The normalized spacial score (nSPS) is 14.6. The maximum absolute atomic E-state index is 12.5. The van der Waals surface area contributed by atoms with E-state index in [2.05, 4.69) is 48.1 Å². The van der Waals surface area contributed by atoms with Gasteiger partial charge in [-0.05, 0) is 51.3 Å². The molecule has 2 heterocycles. The van der Waals surface area contributed by atoms with Crippen molar-refractivity contribution >= 4 is 18.3 Å². The lowest BCUT2D eigenvalue weighted by Crippen LogP contribution is -2.34. The lowest BCUT2D eigenvalue weighted by molar-refractivity contribution is -0.130. The second-order valence-corrected chi connectivity index (χ2v) is 7.28. The van der Waals surface area contributed by atoms with Gasteiger partial charge in [0.1, 0.15) is 0 Å². The molecule has 1 aliphatic heterocycles. The predicted molar refractivity (Wildman–Crippen MR) is 112 cm³/mol. The van der Waals surface area contributed by atoms with Crippen LogP contribution in [0, 0.1) is 20.8 Å². The molecule has 1 N–H and O–H groups in total. The molecule has 5 nitrogen and oxygen atoms in total. The minimum absolute atomic E-state index is 0. The maximum atomic E-state index is 12.5. The molecule has 3 rings (SSSR count). The van der Waals surface area contributed by atoms with Crippen molar-refractivity contribution in [3.8, 4) is 0 Å². The fourth-order valence-corrected chi connectivity index (χ4v) is 3.60. The molecule has 1 aromatic carbocycles. The Morgan fingerprint density at radius 3 is 2.59 bits per heavy atom. The monoisotopic (exact) mass is 390 g/mol. The van der Waals surface area contributed by atoms with E-state index < -0.39 is 0 Å². The summed E-state index contributed by atoms with van der Waals surface area (Å²) in [6.45, 7) is 10.6. The number of rotatable bonds is 5. The highest BCUT2D eigenvalue weighted by Gasteiger charge is 2.18. The summed E-state index contributed by atoms with van der Waals surface area (Å²) in [5.41, 5.74) is 5.96. The smallest absolute Gasteiger partial charge is 0.222 e. The van der Waals surface area contributed by atoms with Gasteiger partial charge >= 0.3 is 0 Å². The average Bonchev–Trinajstić information content (AvgIpc) is 2.83. The van der Waals surface area contributed by atoms with Crippen LogP contribution in [0.2, 0.25) is 0 Å². The Labute approximate surface area is 168 Å². The number of benzene rings is 1. The largest absolute Gasteiger partial charge is 0.341 e. The second kappa shape index (κ2) is 9.90. The van der Waals surface area contributed by atoms with Gasteiger partial charge in [0.15, 0.2) is 0 Å². The van der Waals surface area contributed by atoms with Gasteiger partial charge in [-0.15, -0.1) is 12.4 Å². The number of hydrogen-bond donors (Lipinski definition) is 1. The number of carbonyl (C=O) groups is 1. The predicted octanol–water partition coefficient (Wildman–Crippen LogP) is 3.03. The van der Waals surface area contributed by atoms with Crippen LogP contribution in [0.15, 0.2) is 24.3 Å². The van der Waals surface area contributed by atoms with Gasteiger partial charge < -0.3 is 10.2 Å². The van der Waals surface area contributed by atoms with Crippen molar-refractivity contribution in [3.63, 3.8) is 0 Å². The number of carbonyl (C=O) groups excluding carboxylic acids is 1. The lowest BCUT2D eigenvalue weighted by atomic mass is 10.1. The SMILES string of the molecule is Cc1ccc(Cn2nc(C)c(CCC(=O)N3CCCNCC3)c2C)cc1.Cl. The van der Waals surface area contributed by atoms with Gasteiger partial charge in [-0.3, -0.25) is 9.48 Å². The molecule has 0 atom stereocenters. The van der Waals surface area contributed by atoms with Gasteiger partial charge in [0.05, 0.1) is 12.2 Å². The standard InChI is InChI=1S/C21H30N4O.ClH/c1-16-5-7-19(8-6-16)15-25-18(3)20(17(2)23-25)9-10-21(26)24-13-4-11-22-12-14-24;/h5-8,22H,4,9-15H2,1-3H3;1H. The van der Waals surface area contributed by atoms with Gasteiger partial charge in [0.25, 0.3) is 0 Å². The number of aromatic nitrogens is 2. The van der Waals surface area contributed by atoms with Crippen molar-refractivity contribution in [2.75, 3.05) is 26.2 Å². The highest BCUT2D eigenvalue weighted by Crippen LogP contribution is 2.17. The first-order chi connectivity index (χ1) is 12.5. The van der Waals surface area contributed by atoms with Crippen LogP contribution in [0.5, 0.6) is 0 Å². The highest BCUT2D eigenvalue weighted by molar-refractivity contribution is 5.85. The zero-order chi connectivity index (χ0) is 18.5. The number of aryl methyl sites for hydroxylation is 2. The Kier molecular flexibility index (Phi) is 7.87. The first-order valence-corrected chi connectivity index (χ1v) is 9.61. The lowest BCUT2D eigenvalue weighted by Gasteiger charge is -2.19. The van der Waals surface area contributed by atoms with Crippen LogP contribution in [0.4, 0.5) is 0 Å². The van der Waals surface area contributed by atoms with Gasteiger partial charge in [0.2, 0.25) is 5.91 Å². The van der Waals surface area contributed by atoms with Crippen molar-refractivity contribution < 1.29 is 4.79 Å². The van der Waals surface area contributed by atoms with Gasteiger partial charge in [-0.25, -0.2) is 0 Å². The van der Waals surface area contributed by atoms with Crippen molar-refractivity contribution in [1.82, 2.24) is 20.0 Å². The number of amides is 1. The summed E-state index contributed by atoms with van der Waals surface area (Å²) in [6, 6.07) is 8.58. The molecular weight excluding hydrogens is 360 g/mol. The quantitative estimate of drug-likeness (QED) is 0.853. The van der Waals surface area contributed by atoms with Crippen molar-refractivity contribution in [2.45, 2.75) is 46.6 Å². The van der Waals surface area contributed by atoms with Crippen molar-refractivity contribution in [3.05, 3.63) is 52.3 Å². The van der Waals surface area contributed by atoms with Crippen LogP contribution in [0.25, 0.3) is 0 Å². The summed E-state index contributed by atoms with van der Waals surface area (Å²) in [5, 5.41) is 8.06. The Morgan fingerprint density at radius 2 is 1.85 bits per heavy atom. The summed E-state index contributed by atoms with van der Waals surface area (Å²) < 4.78 is 2.07. The first-order valence-electron chi connectivity index (χ1n) is 9.61. The number of halogens is 1. The molecule has 0 bridgehead atoms. The molecule has 1 aliphatic rings. The van der Waals surface area contributed by atoms with Crippen LogP contribution in [-0.4, -0.2) is 46.8 Å². The highest BCUT2D eigenvalue weighted by atomic mass is 35.5. The van der Waals surface area contributed by atoms with E-state index in [9.17, 15) is 4.79 Å². The van der Waals surface area contributed by atoms with E-state index in [4.69, 9.17) is 5.10 Å². The molecule has 0 unspecified atom stereocenters. The molecule has 1 saturated heterocycles. The Hall–Kier alpha value is -1.85. The molecule has 0 saturated carbocycles. The van der Waals surface area contributed by atoms with E-state index in [1.807, 2.05) is 11.8 Å². The fourth-order valence-electron chi connectivity index (χ4n) is 3.60. The molecule has 1 fully saturated rings. The van der Waals surface area contributed by atoms with E-state index in [1.54, 1.807) is 0 Å². The summed E-state index contributed by atoms with van der Waals surface area (Å²) in [7, 11) is 0. The minimum atomic E-state index is 0. The summed E-state index contributed by atoms with van der Waals surface area (Å²) in [6.07, 6.45) is 2.38. The molecular formula is C21H31ClN4O. The van der Waals surface area contributed by atoms with E-state index in [-0.39, 0.29) is 18.3 Å². The number of nitrogens with one attached hydrogen (secondary N) is 1. The molecule has 0 spiro atoms. The molecule has 0 aliphatic carbocycles. The molecule has 1 amide bonds. The minimum Gasteiger partial charge on any atom is -0.341 e. The third kappa shape index (κ3) is 5.56. The third-order valence-corrected chi connectivity index (χ3v) is 5.27. The van der Waals surface area contributed by atoms with E-state index in [0.717, 1.165) is 51.3 Å². The molecule has 6 heteroatoms.